The number of fused-ring (bicyclic) bond motifs is 1. The third-order valence-corrected chi connectivity index (χ3v) is 5.54. The standard InChI is InChI=1S/C20H27N5O/c1-16-19-15-24(20(26)25(19)17(2)21-16)13-12-22-8-10-23(11-9-22)14-18-6-4-3-5-7-18/h3-7H,8-15H2,1-2H3. The number of benzene rings is 1. The summed E-state index contributed by atoms with van der Waals surface area (Å²) in [6, 6.07) is 10.7. The fraction of sp³-hybridized carbons (Fsp3) is 0.500. The topological polar surface area (TPSA) is 44.6 Å². The van der Waals surface area contributed by atoms with E-state index in [1.54, 1.807) is 4.57 Å². The van der Waals surface area contributed by atoms with Crippen molar-refractivity contribution in [3.63, 3.8) is 0 Å². The van der Waals surface area contributed by atoms with Gasteiger partial charge in [-0.3, -0.25) is 14.4 Å². The van der Waals surface area contributed by atoms with Crippen molar-refractivity contribution in [2.24, 2.45) is 0 Å². The lowest BCUT2D eigenvalue weighted by molar-refractivity contribution is 0.118. The minimum atomic E-state index is 0.0841. The van der Waals surface area contributed by atoms with Crippen molar-refractivity contribution in [3.8, 4) is 0 Å². The van der Waals surface area contributed by atoms with E-state index in [1.165, 1.54) is 5.56 Å². The van der Waals surface area contributed by atoms with Crippen LogP contribution in [0.15, 0.2) is 30.3 Å². The molecule has 2 aliphatic heterocycles. The predicted octanol–water partition coefficient (Wildman–Crippen LogP) is 2.10. The number of amides is 1. The Kier molecular flexibility index (Phi) is 4.78. The van der Waals surface area contributed by atoms with Crippen LogP contribution in [-0.4, -0.2) is 69.6 Å². The van der Waals surface area contributed by atoms with Gasteiger partial charge in [0, 0.05) is 45.8 Å². The third-order valence-electron chi connectivity index (χ3n) is 5.54. The number of nitrogens with zero attached hydrogens (tertiary/aromatic N) is 5. The van der Waals surface area contributed by atoms with E-state index in [-0.39, 0.29) is 6.03 Å². The van der Waals surface area contributed by atoms with Crippen LogP contribution in [0.3, 0.4) is 0 Å². The van der Waals surface area contributed by atoms with Crippen LogP contribution in [-0.2, 0) is 13.1 Å². The second-order valence-electron chi connectivity index (χ2n) is 7.33. The summed E-state index contributed by atoms with van der Waals surface area (Å²) >= 11 is 0. The van der Waals surface area contributed by atoms with Crippen molar-refractivity contribution in [1.82, 2.24) is 24.3 Å². The summed E-state index contributed by atoms with van der Waals surface area (Å²) in [5.74, 6) is 0.805. The van der Waals surface area contributed by atoms with E-state index in [0.29, 0.717) is 6.54 Å². The molecule has 26 heavy (non-hydrogen) atoms. The second kappa shape index (κ2) is 7.21. The molecule has 0 unspecified atom stereocenters. The van der Waals surface area contributed by atoms with Crippen LogP contribution >= 0.6 is 0 Å². The number of aryl methyl sites for hydroxylation is 2. The molecule has 4 rings (SSSR count). The monoisotopic (exact) mass is 353 g/mol. The average molecular weight is 353 g/mol. The maximum Gasteiger partial charge on any atom is 0.330 e. The second-order valence-corrected chi connectivity index (χ2v) is 7.33. The maximum absolute atomic E-state index is 12.6. The summed E-state index contributed by atoms with van der Waals surface area (Å²) in [7, 11) is 0. The maximum atomic E-state index is 12.6. The van der Waals surface area contributed by atoms with E-state index >= 15 is 0 Å². The van der Waals surface area contributed by atoms with E-state index in [9.17, 15) is 4.79 Å². The first-order valence-corrected chi connectivity index (χ1v) is 9.44. The number of carbonyl (C=O) groups is 1. The van der Waals surface area contributed by atoms with E-state index in [0.717, 1.165) is 63.0 Å². The lowest BCUT2D eigenvalue weighted by Gasteiger charge is -2.35. The molecule has 1 fully saturated rings. The molecule has 1 aromatic carbocycles. The minimum Gasteiger partial charge on any atom is -0.317 e. The summed E-state index contributed by atoms with van der Waals surface area (Å²) in [5, 5.41) is 0. The largest absolute Gasteiger partial charge is 0.330 e. The first-order chi connectivity index (χ1) is 12.6. The molecule has 1 saturated heterocycles. The smallest absolute Gasteiger partial charge is 0.317 e. The zero-order valence-corrected chi connectivity index (χ0v) is 15.7. The predicted molar refractivity (Wildman–Crippen MR) is 101 cm³/mol. The SMILES string of the molecule is Cc1nc(C)n2c1CN(CCN1CCN(Cc3ccccc3)CC1)C2=O. The van der Waals surface area contributed by atoms with Gasteiger partial charge in [-0.15, -0.1) is 0 Å². The van der Waals surface area contributed by atoms with Gasteiger partial charge in [-0.05, 0) is 19.4 Å². The summed E-state index contributed by atoms with van der Waals surface area (Å²) in [6.45, 7) is 11.7. The Hall–Kier alpha value is -2.18. The van der Waals surface area contributed by atoms with Gasteiger partial charge in [0.05, 0.1) is 17.9 Å². The fourth-order valence-electron chi connectivity index (χ4n) is 3.99. The van der Waals surface area contributed by atoms with Crippen molar-refractivity contribution < 1.29 is 4.79 Å². The molecule has 0 aliphatic carbocycles. The molecule has 3 heterocycles. The van der Waals surface area contributed by atoms with Crippen molar-refractivity contribution in [3.05, 3.63) is 53.1 Å². The molecule has 2 aliphatic rings. The number of hydrogen-bond donors (Lipinski definition) is 0. The minimum absolute atomic E-state index is 0.0841. The number of imidazole rings is 1. The lowest BCUT2D eigenvalue weighted by Crippen LogP contribution is -2.48. The van der Waals surface area contributed by atoms with Gasteiger partial charge >= 0.3 is 6.03 Å². The Morgan fingerprint density at radius 1 is 0.962 bits per heavy atom. The molecule has 2 aromatic rings. The first-order valence-electron chi connectivity index (χ1n) is 9.44. The summed E-state index contributed by atoms with van der Waals surface area (Å²) in [5.41, 5.74) is 3.41. The Balaban J connectivity index is 1.24. The van der Waals surface area contributed by atoms with Crippen molar-refractivity contribution >= 4 is 6.03 Å². The Bertz CT molecular complexity index is 777. The molecular formula is C20H27N5O. The molecule has 0 radical (unpaired) electrons. The summed E-state index contributed by atoms with van der Waals surface area (Å²) < 4.78 is 1.77. The van der Waals surface area contributed by atoms with Crippen molar-refractivity contribution in [2.75, 3.05) is 39.3 Å². The third kappa shape index (κ3) is 3.39. The molecule has 0 bridgehead atoms. The van der Waals surface area contributed by atoms with Gasteiger partial charge in [0.2, 0.25) is 0 Å². The quantitative estimate of drug-likeness (QED) is 0.826. The number of rotatable bonds is 5. The molecule has 1 amide bonds. The Labute approximate surface area is 155 Å². The van der Waals surface area contributed by atoms with E-state index in [1.807, 2.05) is 18.7 Å². The number of hydrogen-bond acceptors (Lipinski definition) is 4. The van der Waals surface area contributed by atoms with Crippen molar-refractivity contribution in [1.29, 1.82) is 0 Å². The zero-order chi connectivity index (χ0) is 18.1. The van der Waals surface area contributed by atoms with E-state index in [2.05, 4.69) is 45.1 Å². The lowest BCUT2D eigenvalue weighted by atomic mass is 10.2. The van der Waals surface area contributed by atoms with E-state index < -0.39 is 0 Å². The zero-order valence-electron chi connectivity index (χ0n) is 15.7. The highest BCUT2D eigenvalue weighted by Gasteiger charge is 2.31. The van der Waals surface area contributed by atoms with Crippen LogP contribution in [0.4, 0.5) is 4.79 Å². The van der Waals surface area contributed by atoms with Gasteiger partial charge in [-0.2, -0.15) is 0 Å². The van der Waals surface area contributed by atoms with Gasteiger partial charge in [-0.25, -0.2) is 9.78 Å². The van der Waals surface area contributed by atoms with Crippen LogP contribution in [0.2, 0.25) is 0 Å². The molecule has 6 nitrogen and oxygen atoms in total. The summed E-state index contributed by atoms with van der Waals surface area (Å²) in [4.78, 5) is 23.9. The molecule has 0 saturated carbocycles. The van der Waals surface area contributed by atoms with Crippen LogP contribution in [0.5, 0.6) is 0 Å². The highest BCUT2D eigenvalue weighted by molar-refractivity contribution is 5.81. The Morgan fingerprint density at radius 3 is 2.35 bits per heavy atom. The highest BCUT2D eigenvalue weighted by atomic mass is 16.2. The number of piperazine rings is 1. The molecule has 138 valence electrons. The molecule has 1 aromatic heterocycles. The van der Waals surface area contributed by atoms with Gasteiger partial charge in [-0.1, -0.05) is 30.3 Å². The first kappa shape index (κ1) is 17.2. The van der Waals surface area contributed by atoms with Crippen LogP contribution in [0, 0.1) is 13.8 Å². The van der Waals surface area contributed by atoms with Gasteiger partial charge < -0.3 is 4.90 Å². The fourth-order valence-corrected chi connectivity index (χ4v) is 3.99. The Morgan fingerprint density at radius 2 is 1.65 bits per heavy atom. The molecular weight excluding hydrogens is 326 g/mol. The average Bonchev–Trinajstić information content (AvgIpc) is 3.13. The van der Waals surface area contributed by atoms with Gasteiger partial charge in [0.15, 0.2) is 0 Å². The summed E-state index contributed by atoms with van der Waals surface area (Å²) in [6.07, 6.45) is 0. The van der Waals surface area contributed by atoms with Crippen LogP contribution < -0.4 is 0 Å². The number of carbonyl (C=O) groups excluding carboxylic acids is 1. The van der Waals surface area contributed by atoms with Crippen LogP contribution in [0.25, 0.3) is 0 Å². The highest BCUT2D eigenvalue weighted by Crippen LogP contribution is 2.21. The normalized spacial score (nSPS) is 18.5. The molecule has 0 spiro atoms. The van der Waals surface area contributed by atoms with Crippen LogP contribution in [0.1, 0.15) is 22.8 Å². The molecule has 6 heteroatoms. The van der Waals surface area contributed by atoms with E-state index in [4.69, 9.17) is 0 Å². The van der Waals surface area contributed by atoms with Crippen molar-refractivity contribution in [2.45, 2.75) is 26.9 Å². The molecule has 0 atom stereocenters. The molecule has 0 N–H and O–H groups in total. The van der Waals surface area contributed by atoms with Gasteiger partial charge in [0.1, 0.15) is 5.82 Å². The number of aromatic nitrogens is 2. The van der Waals surface area contributed by atoms with Gasteiger partial charge in [0.25, 0.3) is 0 Å².